The number of carbonyl (C=O) groups is 1. The van der Waals surface area contributed by atoms with Crippen molar-refractivity contribution >= 4 is 22.8 Å². The number of aromatic nitrogens is 1. The van der Waals surface area contributed by atoms with Gasteiger partial charge in [-0.25, -0.2) is 4.79 Å². The smallest absolute Gasteiger partial charge is 0.420 e. The molecule has 0 radical (unpaired) electrons. The number of nitro benzene ring substituents is 1. The summed E-state index contributed by atoms with van der Waals surface area (Å²) >= 11 is 0. The molecule has 0 saturated carbocycles. The van der Waals surface area contributed by atoms with Crippen LogP contribution in [0.4, 0.5) is 5.69 Å². The Morgan fingerprint density at radius 3 is 2.79 bits per heavy atom. The minimum atomic E-state index is -0.600. The van der Waals surface area contributed by atoms with Gasteiger partial charge in [0.25, 0.3) is 5.69 Å². The molecule has 3 aromatic rings. The van der Waals surface area contributed by atoms with Crippen molar-refractivity contribution in [1.29, 1.82) is 0 Å². The molecule has 3 rings (SSSR count). The van der Waals surface area contributed by atoms with E-state index in [1.165, 1.54) is 29.7 Å². The van der Waals surface area contributed by atoms with Gasteiger partial charge in [0.15, 0.2) is 5.58 Å². The number of oxazole rings is 1. The summed E-state index contributed by atoms with van der Waals surface area (Å²) in [7, 11) is 0. The monoisotopic (exact) mass is 328 g/mol. The van der Waals surface area contributed by atoms with Gasteiger partial charge < -0.3 is 9.15 Å². The Kier molecular flexibility index (Phi) is 3.87. The summed E-state index contributed by atoms with van der Waals surface area (Å²) in [6, 6.07) is 10.6. The molecule has 2 aromatic carbocycles. The molecule has 0 amide bonds. The first kappa shape index (κ1) is 15.5. The molecular weight excluding hydrogens is 316 g/mol. The molecule has 0 fully saturated rings. The van der Waals surface area contributed by atoms with Crippen LogP contribution in [0.15, 0.2) is 51.7 Å². The molecule has 1 aromatic heterocycles. The van der Waals surface area contributed by atoms with Crippen LogP contribution in [0.1, 0.15) is 12.5 Å². The number of hydrogen-bond acceptors (Lipinski definition) is 6. The molecule has 0 bridgehead atoms. The van der Waals surface area contributed by atoms with E-state index in [0.29, 0.717) is 11.1 Å². The van der Waals surface area contributed by atoms with Crippen LogP contribution in [-0.4, -0.2) is 15.5 Å². The number of ether oxygens (including phenoxy) is 1. The average Bonchev–Trinajstić information content (AvgIpc) is 2.82. The third-order valence-corrected chi connectivity index (χ3v) is 3.36. The van der Waals surface area contributed by atoms with E-state index in [2.05, 4.69) is 0 Å². The second-order valence-electron chi connectivity index (χ2n) is 5.10. The van der Waals surface area contributed by atoms with E-state index in [0.717, 1.165) is 0 Å². The zero-order valence-electron chi connectivity index (χ0n) is 12.6. The molecule has 0 unspecified atom stereocenters. The highest BCUT2D eigenvalue weighted by molar-refractivity contribution is 5.77. The zero-order chi connectivity index (χ0) is 17.3. The van der Waals surface area contributed by atoms with Gasteiger partial charge in [-0.1, -0.05) is 12.1 Å². The summed E-state index contributed by atoms with van der Waals surface area (Å²) in [6.07, 6.45) is 0. The first-order valence-corrected chi connectivity index (χ1v) is 6.99. The van der Waals surface area contributed by atoms with E-state index >= 15 is 0 Å². The maximum absolute atomic E-state index is 12.0. The van der Waals surface area contributed by atoms with Crippen LogP contribution in [-0.2, 0) is 11.3 Å². The van der Waals surface area contributed by atoms with Crippen molar-refractivity contribution in [1.82, 2.24) is 4.57 Å². The highest BCUT2D eigenvalue weighted by Gasteiger charge is 2.13. The molecule has 24 heavy (non-hydrogen) atoms. The molecule has 1 heterocycles. The fraction of sp³-hybridized carbons (Fsp3) is 0.125. The zero-order valence-corrected chi connectivity index (χ0v) is 12.6. The maximum atomic E-state index is 12.0. The highest BCUT2D eigenvalue weighted by Crippen LogP contribution is 2.22. The molecule has 0 aliphatic carbocycles. The fourth-order valence-corrected chi connectivity index (χ4v) is 2.38. The molecule has 8 nitrogen and oxygen atoms in total. The van der Waals surface area contributed by atoms with E-state index in [1.54, 1.807) is 24.3 Å². The first-order chi connectivity index (χ1) is 11.4. The molecular formula is C16H12N2O6. The number of nitrogens with zero attached hydrogens (tertiary/aromatic N) is 2. The van der Waals surface area contributed by atoms with Crippen LogP contribution in [0.2, 0.25) is 0 Å². The van der Waals surface area contributed by atoms with Crippen molar-refractivity contribution in [2.75, 3.05) is 0 Å². The topological polar surface area (TPSA) is 105 Å². The van der Waals surface area contributed by atoms with Crippen molar-refractivity contribution < 1.29 is 18.9 Å². The normalized spacial score (nSPS) is 10.7. The molecule has 0 atom stereocenters. The van der Waals surface area contributed by atoms with Gasteiger partial charge >= 0.3 is 11.7 Å². The summed E-state index contributed by atoms with van der Waals surface area (Å²) in [5, 5.41) is 10.8. The van der Waals surface area contributed by atoms with Crippen LogP contribution in [0.25, 0.3) is 11.1 Å². The Bertz CT molecular complexity index is 1000. The minimum Gasteiger partial charge on any atom is -0.427 e. The quantitative estimate of drug-likeness (QED) is 0.315. The lowest BCUT2D eigenvalue weighted by Gasteiger charge is -2.04. The highest BCUT2D eigenvalue weighted by atomic mass is 16.6. The van der Waals surface area contributed by atoms with Gasteiger partial charge in [-0.2, -0.15) is 0 Å². The Morgan fingerprint density at radius 2 is 2.08 bits per heavy atom. The number of hydrogen-bond donors (Lipinski definition) is 0. The van der Waals surface area contributed by atoms with Gasteiger partial charge in [0.1, 0.15) is 5.75 Å². The van der Waals surface area contributed by atoms with E-state index in [-0.39, 0.29) is 23.6 Å². The molecule has 8 heteroatoms. The van der Waals surface area contributed by atoms with Gasteiger partial charge in [0, 0.05) is 25.1 Å². The van der Waals surface area contributed by atoms with E-state index < -0.39 is 16.6 Å². The Morgan fingerprint density at radius 1 is 1.29 bits per heavy atom. The Hall–Kier alpha value is -3.42. The van der Waals surface area contributed by atoms with Crippen molar-refractivity contribution in [2.24, 2.45) is 0 Å². The van der Waals surface area contributed by atoms with E-state index in [1.807, 2.05) is 0 Å². The third kappa shape index (κ3) is 3.02. The molecule has 122 valence electrons. The fourth-order valence-electron chi connectivity index (χ4n) is 2.38. The molecule has 0 aliphatic rings. The summed E-state index contributed by atoms with van der Waals surface area (Å²) in [5.41, 5.74) is 1.31. The van der Waals surface area contributed by atoms with Gasteiger partial charge in [0.2, 0.25) is 0 Å². The number of carbonyl (C=O) groups excluding carboxylic acids is 1. The van der Waals surface area contributed by atoms with Crippen LogP contribution in [0.5, 0.6) is 5.75 Å². The lowest BCUT2D eigenvalue weighted by Crippen LogP contribution is -2.14. The van der Waals surface area contributed by atoms with Crippen molar-refractivity contribution in [3.8, 4) is 5.75 Å². The molecule has 0 spiro atoms. The van der Waals surface area contributed by atoms with Crippen LogP contribution >= 0.6 is 0 Å². The maximum Gasteiger partial charge on any atom is 0.420 e. The Labute approximate surface area is 135 Å². The van der Waals surface area contributed by atoms with Crippen LogP contribution < -0.4 is 10.5 Å². The van der Waals surface area contributed by atoms with E-state index in [9.17, 15) is 19.7 Å². The Balaban J connectivity index is 1.99. The second-order valence-corrected chi connectivity index (χ2v) is 5.10. The van der Waals surface area contributed by atoms with Crippen molar-refractivity contribution in [3.05, 3.63) is 68.7 Å². The van der Waals surface area contributed by atoms with E-state index in [4.69, 9.17) is 9.15 Å². The number of esters is 1. The number of fused-ring (bicyclic) bond motifs is 1. The first-order valence-electron chi connectivity index (χ1n) is 6.99. The number of rotatable bonds is 4. The summed E-state index contributed by atoms with van der Waals surface area (Å²) in [5.74, 6) is -0.810. The standard InChI is InChI=1S/C16H12N2O6/c1-10(19)23-13-5-6-14-15(8-13)24-16(20)17(14)9-11-3-2-4-12(7-11)18(21)22/h2-8H,9H2,1H3. The lowest BCUT2D eigenvalue weighted by molar-refractivity contribution is -0.384. The largest absolute Gasteiger partial charge is 0.427 e. The molecule has 0 saturated heterocycles. The number of nitro groups is 1. The van der Waals surface area contributed by atoms with Gasteiger partial charge in [0.05, 0.1) is 17.0 Å². The SMILES string of the molecule is CC(=O)Oc1ccc2c(c1)oc(=O)n2Cc1cccc([N+](=O)[O-])c1. The van der Waals surface area contributed by atoms with Gasteiger partial charge in [-0.05, 0) is 17.7 Å². The second kappa shape index (κ2) is 5.99. The van der Waals surface area contributed by atoms with Gasteiger partial charge in [-0.15, -0.1) is 0 Å². The number of non-ortho nitro benzene ring substituents is 1. The van der Waals surface area contributed by atoms with Crippen molar-refractivity contribution in [3.63, 3.8) is 0 Å². The predicted molar refractivity (Wildman–Crippen MR) is 84.0 cm³/mol. The van der Waals surface area contributed by atoms with Crippen molar-refractivity contribution in [2.45, 2.75) is 13.5 Å². The van der Waals surface area contributed by atoms with Crippen LogP contribution in [0.3, 0.4) is 0 Å². The molecule has 0 aliphatic heterocycles. The third-order valence-electron chi connectivity index (χ3n) is 3.36. The lowest BCUT2D eigenvalue weighted by atomic mass is 10.2. The van der Waals surface area contributed by atoms with Gasteiger partial charge in [-0.3, -0.25) is 19.5 Å². The summed E-state index contributed by atoms with van der Waals surface area (Å²) in [4.78, 5) is 33.4. The molecule has 0 N–H and O–H groups in total. The average molecular weight is 328 g/mol. The number of benzene rings is 2. The van der Waals surface area contributed by atoms with Crippen LogP contribution in [0, 0.1) is 10.1 Å². The summed E-state index contributed by atoms with van der Waals surface area (Å²) in [6.45, 7) is 1.40. The summed E-state index contributed by atoms with van der Waals surface area (Å²) < 4.78 is 11.5. The predicted octanol–water partition coefficient (Wildman–Crippen LogP) is 2.48. The minimum absolute atomic E-state index is 0.0505.